The number of carbonyl (C=O) groups is 1. The van der Waals surface area contributed by atoms with Gasteiger partial charge >= 0.3 is 0 Å². The lowest BCUT2D eigenvalue weighted by atomic mass is 10.3. The van der Waals surface area contributed by atoms with Gasteiger partial charge in [0.25, 0.3) is 0 Å². The van der Waals surface area contributed by atoms with Crippen LogP contribution in [0.1, 0.15) is 6.92 Å². The van der Waals surface area contributed by atoms with E-state index in [9.17, 15) is 17.6 Å². The topological polar surface area (TPSA) is 98.5 Å². The molecule has 1 unspecified atom stereocenters. The lowest BCUT2D eigenvalue weighted by molar-refractivity contribution is -0.120. The van der Waals surface area contributed by atoms with Crippen molar-refractivity contribution >= 4 is 21.4 Å². The van der Waals surface area contributed by atoms with Gasteiger partial charge in [-0.3, -0.25) is 4.79 Å². The van der Waals surface area contributed by atoms with Crippen molar-refractivity contribution in [3.63, 3.8) is 0 Å². The van der Waals surface area contributed by atoms with Gasteiger partial charge in [-0.1, -0.05) is 0 Å². The highest BCUT2D eigenvalue weighted by atomic mass is 32.2. The molecule has 0 aliphatic carbocycles. The van der Waals surface area contributed by atoms with E-state index in [1.807, 2.05) is 0 Å². The van der Waals surface area contributed by atoms with Crippen LogP contribution in [-0.2, 0) is 19.4 Å². The van der Waals surface area contributed by atoms with Crippen LogP contribution in [0.3, 0.4) is 0 Å². The third kappa shape index (κ3) is 3.67. The normalized spacial score (nSPS) is 12.9. The van der Waals surface area contributed by atoms with Crippen LogP contribution < -0.4 is 11.1 Å². The van der Waals surface area contributed by atoms with Crippen LogP contribution in [0.4, 0.5) is 10.1 Å². The summed E-state index contributed by atoms with van der Waals surface area (Å²) in [4.78, 5) is 11.4. The quantitative estimate of drug-likeness (QED) is 0.583. The maximum absolute atomic E-state index is 13.2. The number of nitrogens with one attached hydrogen (secondary N) is 1. The van der Waals surface area contributed by atoms with Gasteiger partial charge in [0.1, 0.15) is 11.1 Å². The molecule has 1 aromatic carbocycles. The molecule has 0 saturated carbocycles. The molecule has 1 aromatic rings. The van der Waals surface area contributed by atoms with Crippen LogP contribution in [-0.4, -0.2) is 39.8 Å². The van der Waals surface area contributed by atoms with Crippen LogP contribution in [0.5, 0.6) is 0 Å². The van der Waals surface area contributed by atoms with Crippen LogP contribution in [0.25, 0.3) is 0 Å². The van der Waals surface area contributed by atoms with E-state index in [1.165, 1.54) is 14.0 Å². The monoisotopic (exact) mass is 304 g/mol. The van der Waals surface area contributed by atoms with Gasteiger partial charge in [0.05, 0.1) is 17.2 Å². The fourth-order valence-electron chi connectivity index (χ4n) is 1.51. The SMILES string of the molecule is COCCNC(=O)C(C)S(=O)(=O)c1cc(F)ccc1N. The molecule has 0 aliphatic heterocycles. The first-order valence-corrected chi connectivity index (χ1v) is 7.41. The maximum Gasteiger partial charge on any atom is 0.238 e. The fraction of sp³-hybridized carbons (Fsp3) is 0.417. The minimum absolute atomic E-state index is 0.0945. The molecular weight excluding hydrogens is 287 g/mol. The van der Waals surface area contributed by atoms with Gasteiger partial charge in [0, 0.05) is 13.7 Å². The van der Waals surface area contributed by atoms with E-state index < -0.39 is 26.8 Å². The van der Waals surface area contributed by atoms with Crippen molar-refractivity contribution in [1.29, 1.82) is 0 Å². The van der Waals surface area contributed by atoms with E-state index in [0.29, 0.717) is 0 Å². The summed E-state index contributed by atoms with van der Waals surface area (Å²) in [6.07, 6.45) is 0. The van der Waals surface area contributed by atoms with Gasteiger partial charge in [0.15, 0.2) is 9.84 Å². The number of sulfone groups is 1. The molecule has 1 rings (SSSR count). The van der Waals surface area contributed by atoms with E-state index in [4.69, 9.17) is 10.5 Å². The second-order valence-corrected chi connectivity index (χ2v) is 6.39. The molecule has 0 aromatic heterocycles. The molecule has 0 aliphatic rings. The molecule has 0 saturated heterocycles. The summed E-state index contributed by atoms with van der Waals surface area (Å²) < 4.78 is 42.4. The van der Waals surface area contributed by atoms with E-state index in [1.54, 1.807) is 0 Å². The zero-order valence-corrected chi connectivity index (χ0v) is 12.0. The first-order chi connectivity index (χ1) is 9.30. The molecule has 3 N–H and O–H groups in total. The standard InChI is InChI=1S/C12H17FN2O4S/c1-8(12(16)15-5-6-19-2)20(17,18)11-7-9(13)3-4-10(11)14/h3-4,7-8H,5-6,14H2,1-2H3,(H,15,16). The summed E-state index contributed by atoms with van der Waals surface area (Å²) in [5.74, 6) is -1.42. The number of benzene rings is 1. The molecule has 112 valence electrons. The zero-order valence-electron chi connectivity index (χ0n) is 11.2. The summed E-state index contributed by atoms with van der Waals surface area (Å²) in [5, 5.41) is 1.04. The third-order valence-electron chi connectivity index (χ3n) is 2.72. The molecular formula is C12H17FN2O4S. The number of halogens is 1. The largest absolute Gasteiger partial charge is 0.398 e. The van der Waals surface area contributed by atoms with Crippen molar-refractivity contribution in [2.24, 2.45) is 0 Å². The molecule has 1 amide bonds. The Bertz CT molecular complexity index is 589. The second kappa shape index (κ2) is 6.67. The van der Waals surface area contributed by atoms with Gasteiger partial charge in [-0.15, -0.1) is 0 Å². The predicted molar refractivity (Wildman–Crippen MR) is 72.3 cm³/mol. The molecule has 0 fully saturated rings. The maximum atomic E-state index is 13.2. The van der Waals surface area contributed by atoms with Crippen molar-refractivity contribution in [2.45, 2.75) is 17.1 Å². The Kier molecular flexibility index (Phi) is 5.46. The van der Waals surface area contributed by atoms with Crippen molar-refractivity contribution in [1.82, 2.24) is 5.32 Å². The average molecular weight is 304 g/mol. The van der Waals surface area contributed by atoms with Gasteiger partial charge in [-0.2, -0.15) is 0 Å². The Morgan fingerprint density at radius 3 is 2.75 bits per heavy atom. The number of nitrogen functional groups attached to an aromatic ring is 1. The summed E-state index contributed by atoms with van der Waals surface area (Å²) >= 11 is 0. The van der Waals surface area contributed by atoms with Crippen molar-refractivity contribution in [2.75, 3.05) is 26.0 Å². The van der Waals surface area contributed by atoms with E-state index in [0.717, 1.165) is 18.2 Å². The number of carbonyl (C=O) groups excluding carboxylic acids is 1. The lowest BCUT2D eigenvalue weighted by Crippen LogP contribution is -2.39. The molecule has 1 atom stereocenters. The van der Waals surface area contributed by atoms with E-state index >= 15 is 0 Å². The molecule has 20 heavy (non-hydrogen) atoms. The second-order valence-electron chi connectivity index (χ2n) is 4.15. The van der Waals surface area contributed by atoms with Gasteiger partial charge in [-0.25, -0.2) is 12.8 Å². The highest BCUT2D eigenvalue weighted by Crippen LogP contribution is 2.23. The zero-order chi connectivity index (χ0) is 15.3. The van der Waals surface area contributed by atoms with Gasteiger partial charge in [-0.05, 0) is 25.1 Å². The first-order valence-electron chi connectivity index (χ1n) is 5.86. The average Bonchev–Trinajstić information content (AvgIpc) is 2.40. The number of anilines is 1. The van der Waals surface area contributed by atoms with Crippen LogP contribution in [0.15, 0.2) is 23.1 Å². The minimum atomic E-state index is -4.05. The van der Waals surface area contributed by atoms with Crippen LogP contribution in [0, 0.1) is 5.82 Å². The molecule has 0 heterocycles. The summed E-state index contributed by atoms with van der Waals surface area (Å²) in [5.41, 5.74) is 5.44. The third-order valence-corrected chi connectivity index (χ3v) is 4.83. The smallest absolute Gasteiger partial charge is 0.238 e. The predicted octanol–water partition coefficient (Wildman–Crippen LogP) is 0.333. The Hall–Kier alpha value is -1.67. The highest BCUT2D eigenvalue weighted by molar-refractivity contribution is 7.93. The number of ether oxygens (including phenoxy) is 1. The summed E-state index contributed by atoms with van der Waals surface area (Å²) in [6.45, 7) is 1.68. The van der Waals surface area contributed by atoms with Gasteiger partial charge < -0.3 is 15.8 Å². The minimum Gasteiger partial charge on any atom is -0.398 e. The highest BCUT2D eigenvalue weighted by Gasteiger charge is 2.31. The first kappa shape index (κ1) is 16.4. The Morgan fingerprint density at radius 2 is 2.15 bits per heavy atom. The van der Waals surface area contributed by atoms with Crippen LogP contribution >= 0.6 is 0 Å². The molecule has 0 bridgehead atoms. The number of amides is 1. The molecule has 8 heteroatoms. The summed E-state index contributed by atoms with van der Waals surface area (Å²) in [7, 11) is -2.59. The van der Waals surface area contributed by atoms with E-state index in [-0.39, 0.29) is 23.7 Å². The number of nitrogens with two attached hydrogens (primary N) is 1. The Balaban J connectivity index is 2.98. The van der Waals surface area contributed by atoms with Crippen molar-refractivity contribution in [3.05, 3.63) is 24.0 Å². The van der Waals surface area contributed by atoms with Crippen molar-refractivity contribution < 1.29 is 22.3 Å². The molecule has 6 nitrogen and oxygen atoms in total. The number of hydrogen-bond donors (Lipinski definition) is 2. The van der Waals surface area contributed by atoms with Gasteiger partial charge in [0.2, 0.25) is 5.91 Å². The molecule has 0 spiro atoms. The number of rotatable bonds is 6. The Morgan fingerprint density at radius 1 is 1.50 bits per heavy atom. The fourth-order valence-corrected chi connectivity index (χ4v) is 2.93. The summed E-state index contributed by atoms with van der Waals surface area (Å²) in [6, 6.07) is 3.01. The molecule has 0 radical (unpaired) electrons. The Labute approximate surface area is 117 Å². The number of hydrogen-bond acceptors (Lipinski definition) is 5. The van der Waals surface area contributed by atoms with Crippen LogP contribution in [0.2, 0.25) is 0 Å². The van der Waals surface area contributed by atoms with Crippen molar-refractivity contribution in [3.8, 4) is 0 Å². The lowest BCUT2D eigenvalue weighted by Gasteiger charge is -2.14. The van der Waals surface area contributed by atoms with E-state index in [2.05, 4.69) is 5.32 Å². The number of methoxy groups -OCH3 is 1.